The number of carbonyl (C=O) groups excluding carboxylic acids is 1. The fraction of sp³-hybridized carbons (Fsp3) is 0.100. The van der Waals surface area contributed by atoms with Crippen LogP contribution < -0.4 is 5.32 Å². The molecular weight excluding hydrogens is 316 g/mol. The molecule has 24 heavy (non-hydrogen) atoms. The summed E-state index contributed by atoms with van der Waals surface area (Å²) in [5, 5.41) is 5.92. The number of nitrogens with one attached hydrogen (secondary N) is 1. The van der Waals surface area contributed by atoms with Gasteiger partial charge in [0.15, 0.2) is 0 Å². The Morgan fingerprint density at radius 2 is 1.83 bits per heavy atom. The maximum atomic E-state index is 11.4. The molecule has 1 heterocycles. The van der Waals surface area contributed by atoms with E-state index in [1.54, 1.807) is 17.4 Å². The number of aromatic nitrogens is 1. The van der Waals surface area contributed by atoms with Gasteiger partial charge >= 0.3 is 0 Å². The van der Waals surface area contributed by atoms with Crippen molar-refractivity contribution in [3.63, 3.8) is 0 Å². The predicted molar refractivity (Wildman–Crippen MR) is 99.6 cm³/mol. The lowest BCUT2D eigenvalue weighted by atomic mass is 10.1. The van der Waals surface area contributed by atoms with Crippen LogP contribution in [0, 0.1) is 0 Å². The first kappa shape index (κ1) is 16.1. The summed E-state index contributed by atoms with van der Waals surface area (Å²) in [5.74, 6) is -0.0750. The van der Waals surface area contributed by atoms with E-state index in [0.717, 1.165) is 27.4 Å². The summed E-state index contributed by atoms with van der Waals surface area (Å²) in [6, 6.07) is 18.3. The summed E-state index contributed by atoms with van der Waals surface area (Å²) in [5.41, 5.74) is 4.28. The van der Waals surface area contributed by atoms with Crippen molar-refractivity contribution in [3.05, 3.63) is 77.7 Å². The molecule has 0 aliphatic carbocycles. The van der Waals surface area contributed by atoms with E-state index in [4.69, 9.17) is 4.98 Å². The second-order valence-electron chi connectivity index (χ2n) is 5.32. The number of allylic oxidation sites excluding steroid dienone is 1. The largest absolute Gasteiger partial charge is 0.348 e. The molecular formula is C20H18N2OS. The Balaban J connectivity index is 1.70. The SMILES string of the molecule is C/C=C/C(=O)NCc1ccc(-c2nc(-c3ccccc3)cs2)cc1. The number of carbonyl (C=O) groups is 1. The highest BCUT2D eigenvalue weighted by molar-refractivity contribution is 7.13. The minimum absolute atomic E-state index is 0.0750. The Morgan fingerprint density at radius 1 is 1.08 bits per heavy atom. The fourth-order valence-corrected chi connectivity index (χ4v) is 3.15. The Kier molecular flexibility index (Phi) is 5.18. The molecule has 3 nitrogen and oxygen atoms in total. The molecule has 0 radical (unpaired) electrons. The molecule has 0 fully saturated rings. The average molecular weight is 334 g/mol. The molecule has 3 aromatic rings. The Bertz CT molecular complexity index is 836. The van der Waals surface area contributed by atoms with E-state index in [1.807, 2.05) is 49.4 Å². The second kappa shape index (κ2) is 7.70. The smallest absolute Gasteiger partial charge is 0.243 e. The zero-order chi connectivity index (χ0) is 16.8. The first-order chi connectivity index (χ1) is 11.8. The molecule has 1 aromatic heterocycles. The van der Waals surface area contributed by atoms with Gasteiger partial charge < -0.3 is 5.32 Å². The molecule has 0 saturated heterocycles. The highest BCUT2D eigenvalue weighted by Crippen LogP contribution is 2.28. The lowest BCUT2D eigenvalue weighted by Crippen LogP contribution is -2.20. The molecule has 0 aliphatic heterocycles. The number of rotatable bonds is 5. The van der Waals surface area contributed by atoms with Crippen LogP contribution in [0.1, 0.15) is 12.5 Å². The first-order valence-corrected chi connectivity index (χ1v) is 8.65. The van der Waals surface area contributed by atoms with Crippen molar-refractivity contribution in [3.8, 4) is 21.8 Å². The Hall–Kier alpha value is -2.72. The lowest BCUT2D eigenvalue weighted by molar-refractivity contribution is -0.116. The van der Waals surface area contributed by atoms with Gasteiger partial charge in [0.1, 0.15) is 5.01 Å². The highest BCUT2D eigenvalue weighted by Gasteiger charge is 2.06. The predicted octanol–water partition coefficient (Wildman–Crippen LogP) is 4.67. The van der Waals surface area contributed by atoms with Crippen LogP contribution in [0.15, 0.2) is 72.1 Å². The number of benzene rings is 2. The van der Waals surface area contributed by atoms with Crippen LogP contribution in [0.25, 0.3) is 21.8 Å². The molecule has 120 valence electrons. The number of amides is 1. The molecule has 0 unspecified atom stereocenters. The van der Waals surface area contributed by atoms with Crippen molar-refractivity contribution in [2.45, 2.75) is 13.5 Å². The molecule has 0 bridgehead atoms. The third-order valence-electron chi connectivity index (χ3n) is 3.56. The van der Waals surface area contributed by atoms with Crippen molar-refractivity contribution in [2.75, 3.05) is 0 Å². The normalized spacial score (nSPS) is 10.9. The summed E-state index contributed by atoms with van der Waals surface area (Å²) < 4.78 is 0. The lowest BCUT2D eigenvalue weighted by Gasteiger charge is -2.03. The molecule has 0 aliphatic rings. The number of hydrogen-bond donors (Lipinski definition) is 1. The van der Waals surface area contributed by atoms with E-state index in [1.165, 1.54) is 6.08 Å². The molecule has 2 aromatic carbocycles. The zero-order valence-corrected chi connectivity index (χ0v) is 14.2. The van der Waals surface area contributed by atoms with Crippen LogP contribution in [0.5, 0.6) is 0 Å². The van der Waals surface area contributed by atoms with Crippen LogP contribution in [0.4, 0.5) is 0 Å². The number of hydrogen-bond acceptors (Lipinski definition) is 3. The maximum Gasteiger partial charge on any atom is 0.243 e. The first-order valence-electron chi connectivity index (χ1n) is 7.77. The van der Waals surface area contributed by atoms with Crippen molar-refractivity contribution < 1.29 is 4.79 Å². The maximum absolute atomic E-state index is 11.4. The van der Waals surface area contributed by atoms with E-state index in [-0.39, 0.29) is 5.91 Å². The summed E-state index contributed by atoms with van der Waals surface area (Å²) in [6.07, 6.45) is 3.25. The van der Waals surface area contributed by atoms with E-state index in [0.29, 0.717) is 6.54 Å². The van der Waals surface area contributed by atoms with Crippen LogP contribution >= 0.6 is 11.3 Å². The molecule has 3 rings (SSSR count). The van der Waals surface area contributed by atoms with Gasteiger partial charge in [0.05, 0.1) is 5.69 Å². The molecule has 1 N–H and O–H groups in total. The summed E-state index contributed by atoms with van der Waals surface area (Å²) in [6.45, 7) is 2.35. The van der Waals surface area contributed by atoms with E-state index in [2.05, 4.69) is 22.8 Å². The standard InChI is InChI=1S/C20H18N2OS/c1-2-6-19(23)21-13-15-9-11-17(12-10-15)20-22-18(14-24-20)16-7-4-3-5-8-16/h2-12,14H,13H2,1H3,(H,21,23)/b6-2+. The van der Waals surface area contributed by atoms with Gasteiger partial charge in [-0.25, -0.2) is 4.98 Å². The molecule has 1 amide bonds. The monoisotopic (exact) mass is 334 g/mol. The van der Waals surface area contributed by atoms with Gasteiger partial charge in [-0.2, -0.15) is 0 Å². The Labute approximate surface area is 145 Å². The molecule has 4 heteroatoms. The topological polar surface area (TPSA) is 42.0 Å². The third-order valence-corrected chi connectivity index (χ3v) is 4.45. The van der Waals surface area contributed by atoms with Gasteiger partial charge in [-0.15, -0.1) is 11.3 Å². The second-order valence-corrected chi connectivity index (χ2v) is 6.18. The van der Waals surface area contributed by atoms with Gasteiger partial charge in [-0.1, -0.05) is 60.7 Å². The molecule has 0 spiro atoms. The van der Waals surface area contributed by atoms with Crippen molar-refractivity contribution in [1.29, 1.82) is 0 Å². The van der Waals surface area contributed by atoms with E-state index in [9.17, 15) is 4.79 Å². The van der Waals surface area contributed by atoms with Gasteiger partial charge in [0, 0.05) is 23.1 Å². The summed E-state index contributed by atoms with van der Waals surface area (Å²) in [7, 11) is 0. The van der Waals surface area contributed by atoms with Crippen LogP contribution in [-0.4, -0.2) is 10.9 Å². The number of nitrogens with zero attached hydrogens (tertiary/aromatic N) is 1. The Morgan fingerprint density at radius 3 is 2.54 bits per heavy atom. The minimum atomic E-state index is -0.0750. The van der Waals surface area contributed by atoms with Crippen LogP contribution in [0.3, 0.4) is 0 Å². The van der Waals surface area contributed by atoms with E-state index < -0.39 is 0 Å². The highest BCUT2D eigenvalue weighted by atomic mass is 32.1. The van der Waals surface area contributed by atoms with Crippen LogP contribution in [-0.2, 0) is 11.3 Å². The summed E-state index contributed by atoms with van der Waals surface area (Å²) >= 11 is 1.64. The van der Waals surface area contributed by atoms with Crippen LogP contribution in [0.2, 0.25) is 0 Å². The zero-order valence-electron chi connectivity index (χ0n) is 13.4. The third kappa shape index (κ3) is 3.97. The van der Waals surface area contributed by atoms with Crippen molar-refractivity contribution >= 4 is 17.2 Å². The van der Waals surface area contributed by atoms with Gasteiger partial charge in [0.2, 0.25) is 5.91 Å². The van der Waals surface area contributed by atoms with E-state index >= 15 is 0 Å². The van der Waals surface area contributed by atoms with Gasteiger partial charge in [-0.3, -0.25) is 4.79 Å². The minimum Gasteiger partial charge on any atom is -0.348 e. The average Bonchev–Trinajstić information content (AvgIpc) is 3.12. The molecule has 0 atom stereocenters. The summed E-state index contributed by atoms with van der Waals surface area (Å²) in [4.78, 5) is 16.2. The van der Waals surface area contributed by atoms with Gasteiger partial charge in [-0.05, 0) is 18.6 Å². The van der Waals surface area contributed by atoms with Crippen molar-refractivity contribution in [1.82, 2.24) is 10.3 Å². The van der Waals surface area contributed by atoms with Gasteiger partial charge in [0.25, 0.3) is 0 Å². The fourth-order valence-electron chi connectivity index (χ4n) is 2.31. The van der Waals surface area contributed by atoms with Crippen molar-refractivity contribution in [2.24, 2.45) is 0 Å². The number of thiazole rings is 1. The quantitative estimate of drug-likeness (QED) is 0.689. The molecule has 0 saturated carbocycles.